The summed E-state index contributed by atoms with van der Waals surface area (Å²) in [6, 6.07) is 5.81. The quantitative estimate of drug-likeness (QED) is 0.296. The fraction of sp³-hybridized carbons (Fsp3) is 0.520. The first kappa shape index (κ1) is 27.7. The molecule has 1 saturated carbocycles. The smallest absolute Gasteiger partial charge is 0.238 e. The third-order valence-corrected chi connectivity index (χ3v) is 6.24. The Hall–Kier alpha value is -2.55. The number of pyridine rings is 1. The lowest BCUT2D eigenvalue weighted by molar-refractivity contribution is 0.144. The van der Waals surface area contributed by atoms with Crippen LogP contribution in [0, 0.1) is 12.3 Å². The van der Waals surface area contributed by atoms with Crippen LogP contribution in [0.4, 0.5) is 20.4 Å². The lowest BCUT2D eigenvalue weighted by Gasteiger charge is -2.37. The van der Waals surface area contributed by atoms with Crippen LogP contribution in [-0.4, -0.2) is 31.7 Å². The van der Waals surface area contributed by atoms with Crippen LogP contribution < -0.4 is 5.73 Å². The number of nitrogens with two attached hydrogens (primary N) is 1. The maximum absolute atomic E-state index is 10.8. The molecule has 1 aliphatic carbocycles. The van der Waals surface area contributed by atoms with E-state index in [0.29, 0.717) is 5.03 Å². The number of aryl methyl sites for hydroxylation is 1. The SMILES string of the molecule is CC(C)=Nc1ccc(-c2cc(S)n3nc(N)ncc23)nc1C.CCC(F)F.CCC1(C)CCC1. The van der Waals surface area contributed by atoms with Crippen molar-refractivity contribution < 1.29 is 8.78 Å². The van der Waals surface area contributed by atoms with Gasteiger partial charge in [0.1, 0.15) is 0 Å². The van der Waals surface area contributed by atoms with Crippen molar-refractivity contribution in [3.05, 3.63) is 30.1 Å². The zero-order valence-corrected chi connectivity index (χ0v) is 21.8. The molecule has 0 aromatic carbocycles. The summed E-state index contributed by atoms with van der Waals surface area (Å²) in [6.07, 6.45) is 5.34. The average molecular weight is 491 g/mol. The number of nitrogen functional groups attached to an aromatic ring is 1. The summed E-state index contributed by atoms with van der Waals surface area (Å²) in [5.41, 5.74) is 11.7. The third-order valence-electron chi connectivity index (χ3n) is 5.92. The number of rotatable bonds is 4. The molecule has 9 heteroatoms. The lowest BCUT2D eigenvalue weighted by atomic mass is 9.69. The molecule has 0 saturated heterocycles. The van der Waals surface area contributed by atoms with E-state index in [2.05, 4.69) is 46.5 Å². The second kappa shape index (κ2) is 12.2. The standard InChI is InChI=1S/C15H16N6S.C7H14.C3H6F2/c1-8(2)18-11-4-5-12(19-9(11)3)10-6-14(22)21-13(10)7-17-15(16)20-21;1-3-7(2)5-4-6-7;1-2-3(4)5/h4-7,22H,1-3H3,(H2,16,20);3-6H2,1-2H3;3H,2H2,1H3. The Labute approximate surface area is 206 Å². The summed E-state index contributed by atoms with van der Waals surface area (Å²) < 4.78 is 23.2. The number of hydrogen-bond donors (Lipinski definition) is 2. The molecule has 3 aromatic rings. The van der Waals surface area contributed by atoms with Crippen LogP contribution >= 0.6 is 12.6 Å². The van der Waals surface area contributed by atoms with Gasteiger partial charge >= 0.3 is 0 Å². The molecule has 1 aliphatic rings. The van der Waals surface area contributed by atoms with Crippen LogP contribution in [0.1, 0.15) is 72.4 Å². The highest BCUT2D eigenvalue weighted by molar-refractivity contribution is 7.80. The summed E-state index contributed by atoms with van der Waals surface area (Å²) in [5, 5.41) is 4.84. The van der Waals surface area contributed by atoms with Gasteiger partial charge in [-0.1, -0.05) is 33.6 Å². The van der Waals surface area contributed by atoms with E-state index in [1.807, 2.05) is 39.0 Å². The van der Waals surface area contributed by atoms with Crippen molar-refractivity contribution in [2.75, 3.05) is 5.73 Å². The lowest BCUT2D eigenvalue weighted by Crippen LogP contribution is -2.23. The van der Waals surface area contributed by atoms with Crippen molar-refractivity contribution in [2.45, 2.75) is 85.1 Å². The van der Waals surface area contributed by atoms with Gasteiger partial charge in [-0.2, -0.15) is 0 Å². The molecule has 0 bridgehead atoms. The van der Waals surface area contributed by atoms with Gasteiger partial charge in [-0.3, -0.25) is 9.98 Å². The van der Waals surface area contributed by atoms with Gasteiger partial charge in [-0.15, -0.1) is 17.7 Å². The van der Waals surface area contributed by atoms with Gasteiger partial charge in [0.2, 0.25) is 12.4 Å². The molecule has 0 aliphatic heterocycles. The predicted octanol–water partition coefficient (Wildman–Crippen LogP) is 7.33. The minimum Gasteiger partial charge on any atom is -0.367 e. The molecule has 1 fully saturated rings. The second-order valence-electron chi connectivity index (χ2n) is 9.01. The number of halogens is 2. The number of aliphatic imine (C=N–C) groups is 1. The van der Waals surface area contributed by atoms with Crippen molar-refractivity contribution in [1.29, 1.82) is 0 Å². The van der Waals surface area contributed by atoms with Crippen molar-refractivity contribution in [2.24, 2.45) is 10.4 Å². The van der Waals surface area contributed by atoms with Crippen LogP contribution in [0.25, 0.3) is 16.8 Å². The van der Waals surface area contributed by atoms with E-state index in [1.165, 1.54) is 32.6 Å². The maximum Gasteiger partial charge on any atom is 0.238 e. The van der Waals surface area contributed by atoms with E-state index in [4.69, 9.17) is 5.73 Å². The predicted molar refractivity (Wildman–Crippen MR) is 140 cm³/mol. The van der Waals surface area contributed by atoms with Crippen LogP contribution in [0.2, 0.25) is 0 Å². The minimum atomic E-state index is -2.12. The van der Waals surface area contributed by atoms with E-state index < -0.39 is 6.43 Å². The fourth-order valence-corrected chi connectivity index (χ4v) is 3.67. The topological polar surface area (TPSA) is 81.5 Å². The zero-order chi connectivity index (χ0) is 25.5. The highest BCUT2D eigenvalue weighted by Gasteiger charge is 2.28. The van der Waals surface area contributed by atoms with E-state index >= 15 is 0 Å². The highest BCUT2D eigenvalue weighted by atomic mass is 32.1. The molecule has 4 rings (SSSR count). The van der Waals surface area contributed by atoms with Gasteiger partial charge in [0.15, 0.2) is 0 Å². The largest absolute Gasteiger partial charge is 0.367 e. The Morgan fingerprint density at radius 2 is 1.91 bits per heavy atom. The number of thiol groups is 1. The first-order valence-corrected chi connectivity index (χ1v) is 12.1. The van der Waals surface area contributed by atoms with E-state index in [9.17, 15) is 8.78 Å². The van der Waals surface area contributed by atoms with Crippen LogP contribution in [0.15, 0.2) is 34.4 Å². The molecule has 3 heterocycles. The van der Waals surface area contributed by atoms with Crippen LogP contribution in [-0.2, 0) is 0 Å². The maximum atomic E-state index is 10.8. The summed E-state index contributed by atoms with van der Waals surface area (Å²) in [5.74, 6) is 0.206. The van der Waals surface area contributed by atoms with Crippen molar-refractivity contribution in [3.63, 3.8) is 0 Å². The summed E-state index contributed by atoms with van der Waals surface area (Å²) >= 11 is 4.43. The number of aromatic nitrogens is 4. The molecule has 3 aromatic heterocycles. The molecule has 0 unspecified atom stereocenters. The molecule has 2 N–H and O–H groups in total. The molecule has 0 atom stereocenters. The highest BCUT2D eigenvalue weighted by Crippen LogP contribution is 2.42. The minimum absolute atomic E-state index is 0.0278. The Bertz CT molecular complexity index is 1110. The van der Waals surface area contributed by atoms with Crippen LogP contribution in [0.3, 0.4) is 0 Å². The molecule has 34 heavy (non-hydrogen) atoms. The number of alkyl halides is 2. The average Bonchev–Trinajstić information content (AvgIpc) is 3.09. The van der Waals surface area contributed by atoms with E-state index in [1.54, 1.807) is 10.7 Å². The number of fused-ring (bicyclic) bond motifs is 1. The summed E-state index contributed by atoms with van der Waals surface area (Å²) in [7, 11) is 0. The normalized spacial score (nSPS) is 13.9. The fourth-order valence-electron chi connectivity index (χ4n) is 3.39. The Balaban J connectivity index is 0.000000280. The van der Waals surface area contributed by atoms with Gasteiger partial charge in [-0.05, 0) is 57.2 Å². The first-order chi connectivity index (χ1) is 16.0. The Morgan fingerprint density at radius 3 is 2.35 bits per heavy atom. The Morgan fingerprint density at radius 1 is 1.26 bits per heavy atom. The second-order valence-corrected chi connectivity index (χ2v) is 9.46. The summed E-state index contributed by atoms with van der Waals surface area (Å²) in [4.78, 5) is 13.2. The van der Waals surface area contributed by atoms with Gasteiger partial charge in [-0.25, -0.2) is 18.3 Å². The number of anilines is 1. The van der Waals surface area contributed by atoms with Crippen molar-refractivity contribution in [1.82, 2.24) is 19.6 Å². The first-order valence-electron chi connectivity index (χ1n) is 11.6. The molecular weight excluding hydrogens is 454 g/mol. The summed E-state index contributed by atoms with van der Waals surface area (Å²) in [6.45, 7) is 12.0. The van der Waals surface area contributed by atoms with Crippen LogP contribution in [0.5, 0.6) is 0 Å². The monoisotopic (exact) mass is 490 g/mol. The molecule has 186 valence electrons. The zero-order valence-electron chi connectivity index (χ0n) is 20.9. The molecule has 0 amide bonds. The Kier molecular flexibility index (Phi) is 9.97. The molecule has 6 nitrogen and oxygen atoms in total. The molecule has 0 radical (unpaired) electrons. The van der Waals surface area contributed by atoms with Gasteiger partial charge in [0.25, 0.3) is 0 Å². The van der Waals surface area contributed by atoms with Gasteiger partial charge in [0, 0.05) is 17.7 Å². The van der Waals surface area contributed by atoms with Crippen molar-refractivity contribution in [3.8, 4) is 11.3 Å². The number of nitrogens with zero attached hydrogens (tertiary/aromatic N) is 5. The molecule has 0 spiro atoms. The third kappa shape index (κ3) is 7.48. The van der Waals surface area contributed by atoms with E-state index in [-0.39, 0.29) is 12.4 Å². The van der Waals surface area contributed by atoms with E-state index in [0.717, 1.165) is 39.3 Å². The molecular formula is C25H36F2N6S. The van der Waals surface area contributed by atoms with Crippen molar-refractivity contribution >= 4 is 35.5 Å². The van der Waals surface area contributed by atoms with Gasteiger partial charge in [0.05, 0.1) is 33.8 Å². The van der Waals surface area contributed by atoms with Gasteiger partial charge < -0.3 is 5.73 Å². The number of hydrogen-bond acceptors (Lipinski definition) is 6.